The second-order valence-electron chi connectivity index (χ2n) is 5.55. The molecule has 6 nitrogen and oxygen atoms in total. The van der Waals surface area contributed by atoms with Gasteiger partial charge in [0.05, 0.1) is 17.5 Å². The molecule has 0 spiro atoms. The summed E-state index contributed by atoms with van der Waals surface area (Å²) in [6, 6.07) is -0.0747. The molecule has 1 aliphatic carbocycles. The molecule has 0 saturated heterocycles. The van der Waals surface area contributed by atoms with Crippen molar-refractivity contribution in [2.75, 3.05) is 0 Å². The topological polar surface area (TPSA) is 92.4 Å². The molecule has 1 aromatic heterocycles. The minimum atomic E-state index is -0.880. The van der Waals surface area contributed by atoms with Gasteiger partial charge in [-0.25, -0.2) is 0 Å². The van der Waals surface area contributed by atoms with Crippen LogP contribution in [0, 0.1) is 25.7 Å². The zero-order valence-electron chi connectivity index (χ0n) is 12.0. The van der Waals surface area contributed by atoms with Crippen molar-refractivity contribution in [1.82, 2.24) is 10.5 Å². The zero-order valence-corrected chi connectivity index (χ0v) is 12.0. The van der Waals surface area contributed by atoms with E-state index in [1.54, 1.807) is 0 Å². The van der Waals surface area contributed by atoms with Crippen LogP contribution in [0.25, 0.3) is 0 Å². The second kappa shape index (κ2) is 5.64. The number of carboxylic acids is 1. The number of hydrogen-bond donors (Lipinski definition) is 2. The molecule has 0 bridgehead atoms. The Morgan fingerprint density at radius 2 is 2.05 bits per heavy atom. The van der Waals surface area contributed by atoms with Gasteiger partial charge in [-0.15, -0.1) is 0 Å². The van der Waals surface area contributed by atoms with Crippen LogP contribution < -0.4 is 5.32 Å². The van der Waals surface area contributed by atoms with Gasteiger partial charge in [-0.3, -0.25) is 9.59 Å². The Kier molecular flexibility index (Phi) is 4.11. The van der Waals surface area contributed by atoms with Crippen LogP contribution in [0.4, 0.5) is 0 Å². The SMILES string of the molecule is Cc1noc(C)c1CC(C)NC(=O)C1CCC1C(=O)O. The Balaban J connectivity index is 1.90. The molecule has 2 N–H and O–H groups in total. The van der Waals surface area contributed by atoms with Crippen LogP contribution in [0.15, 0.2) is 4.52 Å². The number of carboxylic acid groups (broad SMARTS) is 1. The first kappa shape index (κ1) is 14.6. The van der Waals surface area contributed by atoms with E-state index in [-0.39, 0.29) is 17.9 Å². The third-order valence-corrected chi connectivity index (χ3v) is 4.01. The maximum Gasteiger partial charge on any atom is 0.307 e. The quantitative estimate of drug-likeness (QED) is 0.851. The molecular weight excluding hydrogens is 260 g/mol. The number of hydrogen-bond acceptors (Lipinski definition) is 4. The third-order valence-electron chi connectivity index (χ3n) is 4.01. The number of rotatable bonds is 5. The summed E-state index contributed by atoms with van der Waals surface area (Å²) in [7, 11) is 0. The summed E-state index contributed by atoms with van der Waals surface area (Å²) in [5.74, 6) is -1.20. The molecule has 0 radical (unpaired) electrons. The lowest BCUT2D eigenvalue weighted by Crippen LogP contribution is -2.47. The minimum Gasteiger partial charge on any atom is -0.481 e. The molecule has 0 aromatic carbocycles. The monoisotopic (exact) mass is 280 g/mol. The maximum absolute atomic E-state index is 12.0. The van der Waals surface area contributed by atoms with Crippen LogP contribution in [-0.4, -0.2) is 28.2 Å². The van der Waals surface area contributed by atoms with E-state index >= 15 is 0 Å². The molecule has 1 aliphatic rings. The smallest absolute Gasteiger partial charge is 0.307 e. The van der Waals surface area contributed by atoms with E-state index in [2.05, 4.69) is 10.5 Å². The summed E-state index contributed by atoms with van der Waals surface area (Å²) < 4.78 is 5.09. The van der Waals surface area contributed by atoms with Crippen molar-refractivity contribution in [2.45, 2.75) is 46.1 Å². The number of aromatic nitrogens is 1. The van der Waals surface area contributed by atoms with Gasteiger partial charge in [0.25, 0.3) is 0 Å². The standard InChI is InChI=1S/C14H20N2O4/c1-7(6-12-8(2)16-20-9(12)3)15-13(17)10-4-5-11(10)14(18)19/h7,10-11H,4-6H2,1-3H3,(H,15,17)(H,18,19). The fourth-order valence-electron chi connectivity index (χ4n) is 2.61. The molecule has 6 heteroatoms. The number of nitrogens with zero attached hydrogens (tertiary/aromatic N) is 1. The van der Waals surface area contributed by atoms with Gasteiger partial charge in [-0.05, 0) is 40.0 Å². The number of aryl methyl sites for hydroxylation is 2. The number of carbonyl (C=O) groups excluding carboxylic acids is 1. The van der Waals surface area contributed by atoms with Crippen molar-refractivity contribution in [3.63, 3.8) is 0 Å². The second-order valence-corrected chi connectivity index (χ2v) is 5.55. The Morgan fingerprint density at radius 3 is 2.50 bits per heavy atom. The van der Waals surface area contributed by atoms with Crippen LogP contribution >= 0.6 is 0 Å². The summed E-state index contributed by atoms with van der Waals surface area (Å²) in [5, 5.41) is 15.7. The highest BCUT2D eigenvalue weighted by molar-refractivity contribution is 5.86. The molecule has 1 heterocycles. The van der Waals surface area contributed by atoms with Crippen molar-refractivity contribution in [2.24, 2.45) is 11.8 Å². The first-order valence-electron chi connectivity index (χ1n) is 6.85. The number of carbonyl (C=O) groups is 2. The fourth-order valence-corrected chi connectivity index (χ4v) is 2.61. The molecule has 1 saturated carbocycles. The van der Waals surface area contributed by atoms with E-state index in [1.807, 2.05) is 20.8 Å². The molecule has 1 amide bonds. The Hall–Kier alpha value is -1.85. The Bertz CT molecular complexity index is 504. The average molecular weight is 280 g/mol. The molecule has 1 aromatic rings. The number of aliphatic carboxylic acids is 1. The summed E-state index contributed by atoms with van der Waals surface area (Å²) >= 11 is 0. The predicted octanol–water partition coefficient (Wildman–Crippen LogP) is 1.45. The molecule has 110 valence electrons. The van der Waals surface area contributed by atoms with Crippen LogP contribution in [0.3, 0.4) is 0 Å². The first-order valence-corrected chi connectivity index (χ1v) is 6.85. The van der Waals surface area contributed by atoms with Crippen molar-refractivity contribution >= 4 is 11.9 Å². The van der Waals surface area contributed by atoms with Gasteiger partial charge < -0.3 is 14.9 Å². The van der Waals surface area contributed by atoms with Crippen LogP contribution in [0.2, 0.25) is 0 Å². The highest BCUT2D eigenvalue weighted by atomic mass is 16.5. The molecule has 1 fully saturated rings. The summed E-state index contributed by atoms with van der Waals surface area (Å²) in [6.45, 7) is 5.61. The highest BCUT2D eigenvalue weighted by Crippen LogP contribution is 2.34. The van der Waals surface area contributed by atoms with Gasteiger partial charge in [0.15, 0.2) is 0 Å². The van der Waals surface area contributed by atoms with E-state index < -0.39 is 11.9 Å². The van der Waals surface area contributed by atoms with Crippen LogP contribution in [0.5, 0.6) is 0 Å². The third kappa shape index (κ3) is 2.84. The lowest BCUT2D eigenvalue weighted by atomic mass is 9.73. The van der Waals surface area contributed by atoms with Gasteiger partial charge >= 0.3 is 5.97 Å². The average Bonchev–Trinajstić information content (AvgIpc) is 2.58. The highest BCUT2D eigenvalue weighted by Gasteiger charge is 2.41. The van der Waals surface area contributed by atoms with E-state index in [9.17, 15) is 9.59 Å². The largest absolute Gasteiger partial charge is 0.481 e. The maximum atomic E-state index is 12.0. The zero-order chi connectivity index (χ0) is 14.9. The lowest BCUT2D eigenvalue weighted by molar-refractivity contribution is -0.152. The van der Waals surface area contributed by atoms with Crippen molar-refractivity contribution < 1.29 is 19.2 Å². The summed E-state index contributed by atoms with van der Waals surface area (Å²) in [5.41, 5.74) is 1.83. The van der Waals surface area contributed by atoms with E-state index in [0.717, 1.165) is 17.0 Å². The van der Waals surface area contributed by atoms with Gasteiger partial charge in [-0.2, -0.15) is 0 Å². The van der Waals surface area contributed by atoms with Crippen molar-refractivity contribution in [3.8, 4) is 0 Å². The van der Waals surface area contributed by atoms with Crippen molar-refractivity contribution in [1.29, 1.82) is 0 Å². The molecule has 3 unspecified atom stereocenters. The van der Waals surface area contributed by atoms with E-state index in [1.165, 1.54) is 0 Å². The Labute approximate surface area is 117 Å². The first-order chi connectivity index (χ1) is 9.40. The number of nitrogens with one attached hydrogen (secondary N) is 1. The van der Waals surface area contributed by atoms with Gasteiger partial charge in [-0.1, -0.05) is 5.16 Å². The molecule has 0 aliphatic heterocycles. The van der Waals surface area contributed by atoms with E-state index in [0.29, 0.717) is 19.3 Å². The van der Waals surface area contributed by atoms with E-state index in [4.69, 9.17) is 9.63 Å². The number of amides is 1. The molecule has 20 heavy (non-hydrogen) atoms. The van der Waals surface area contributed by atoms with Gasteiger partial charge in [0.1, 0.15) is 5.76 Å². The predicted molar refractivity (Wildman–Crippen MR) is 71.1 cm³/mol. The van der Waals surface area contributed by atoms with Crippen molar-refractivity contribution in [3.05, 3.63) is 17.0 Å². The lowest BCUT2D eigenvalue weighted by Gasteiger charge is -2.32. The summed E-state index contributed by atoms with van der Waals surface area (Å²) in [4.78, 5) is 23.0. The van der Waals surface area contributed by atoms with Crippen LogP contribution in [0.1, 0.15) is 36.8 Å². The minimum absolute atomic E-state index is 0.0747. The molecular formula is C14H20N2O4. The normalized spacial score (nSPS) is 22.9. The van der Waals surface area contributed by atoms with Crippen LogP contribution in [-0.2, 0) is 16.0 Å². The fraction of sp³-hybridized carbons (Fsp3) is 0.643. The molecule has 3 atom stereocenters. The Morgan fingerprint density at radius 1 is 1.40 bits per heavy atom. The van der Waals surface area contributed by atoms with Gasteiger partial charge in [0, 0.05) is 11.6 Å². The summed E-state index contributed by atoms with van der Waals surface area (Å²) in [6.07, 6.45) is 1.88. The molecule has 2 rings (SSSR count). The van der Waals surface area contributed by atoms with Gasteiger partial charge in [0.2, 0.25) is 5.91 Å².